The maximum Gasteiger partial charge on any atom is 0.161 e. The molecule has 0 unspecified atom stereocenters. The van der Waals surface area contributed by atoms with Crippen molar-refractivity contribution in [2.45, 2.75) is 51.1 Å². The third-order valence-electron chi connectivity index (χ3n) is 3.71. The number of allylic oxidation sites excluding steroid dienone is 1. The van der Waals surface area contributed by atoms with Crippen molar-refractivity contribution in [1.82, 2.24) is 5.32 Å². The first-order valence-corrected chi connectivity index (χ1v) is 7.97. The predicted molar refractivity (Wildman–Crippen MR) is 87.0 cm³/mol. The smallest absolute Gasteiger partial charge is 0.161 e. The number of rotatable bonds is 11. The van der Waals surface area contributed by atoms with Gasteiger partial charge in [-0.05, 0) is 56.2 Å². The zero-order chi connectivity index (χ0) is 14.9. The Morgan fingerprint density at radius 2 is 2.10 bits per heavy atom. The van der Waals surface area contributed by atoms with Crippen LogP contribution >= 0.6 is 0 Å². The lowest BCUT2D eigenvalue weighted by molar-refractivity contribution is 0.285. The normalized spacial score (nSPS) is 14.0. The van der Waals surface area contributed by atoms with Crippen molar-refractivity contribution in [2.24, 2.45) is 0 Å². The van der Waals surface area contributed by atoms with Crippen LogP contribution < -0.4 is 14.8 Å². The Kier molecular flexibility index (Phi) is 6.61. The summed E-state index contributed by atoms with van der Waals surface area (Å²) < 4.78 is 11.3. The van der Waals surface area contributed by atoms with Crippen LogP contribution in [0.2, 0.25) is 0 Å². The zero-order valence-corrected chi connectivity index (χ0v) is 13.1. The largest absolute Gasteiger partial charge is 0.493 e. The van der Waals surface area contributed by atoms with Crippen molar-refractivity contribution in [1.29, 1.82) is 0 Å². The molecule has 2 rings (SSSR count). The van der Waals surface area contributed by atoms with Crippen molar-refractivity contribution in [3.8, 4) is 11.5 Å². The van der Waals surface area contributed by atoms with Gasteiger partial charge in [0.2, 0.25) is 0 Å². The number of methoxy groups -OCH3 is 1. The van der Waals surface area contributed by atoms with E-state index < -0.39 is 0 Å². The third kappa shape index (κ3) is 5.80. The highest BCUT2D eigenvalue weighted by Gasteiger charge is 2.20. The van der Waals surface area contributed by atoms with Crippen LogP contribution in [0.25, 0.3) is 0 Å². The van der Waals surface area contributed by atoms with E-state index >= 15 is 0 Å². The predicted octanol–water partition coefficient (Wildman–Crippen LogP) is 4.07. The lowest BCUT2D eigenvalue weighted by Gasteiger charge is -2.12. The third-order valence-corrected chi connectivity index (χ3v) is 3.71. The highest BCUT2D eigenvalue weighted by Crippen LogP contribution is 2.29. The fourth-order valence-corrected chi connectivity index (χ4v) is 2.24. The fraction of sp³-hybridized carbons (Fsp3) is 0.556. The quantitative estimate of drug-likeness (QED) is 0.492. The molecule has 0 aromatic heterocycles. The van der Waals surface area contributed by atoms with Crippen LogP contribution in [0.3, 0.4) is 0 Å². The van der Waals surface area contributed by atoms with E-state index in [-0.39, 0.29) is 0 Å². The molecule has 1 aromatic carbocycles. The van der Waals surface area contributed by atoms with Gasteiger partial charge in [0.15, 0.2) is 11.5 Å². The highest BCUT2D eigenvalue weighted by molar-refractivity contribution is 5.43. The Balaban J connectivity index is 1.76. The molecule has 21 heavy (non-hydrogen) atoms. The monoisotopic (exact) mass is 289 g/mol. The molecule has 0 heterocycles. The van der Waals surface area contributed by atoms with E-state index in [9.17, 15) is 0 Å². The van der Waals surface area contributed by atoms with E-state index in [0.29, 0.717) is 0 Å². The molecule has 1 aliphatic rings. The molecule has 0 spiro atoms. The molecule has 1 aromatic rings. The molecule has 0 radical (unpaired) electrons. The molecular weight excluding hydrogens is 262 g/mol. The second-order valence-electron chi connectivity index (χ2n) is 5.63. The SMILES string of the molecule is C=CCCCCCOc1ccc(CNC2CC2)cc1OC. The summed E-state index contributed by atoms with van der Waals surface area (Å²) >= 11 is 0. The van der Waals surface area contributed by atoms with Gasteiger partial charge in [-0.2, -0.15) is 0 Å². The number of unbranched alkanes of at least 4 members (excludes halogenated alkanes) is 3. The molecule has 1 fully saturated rings. The van der Waals surface area contributed by atoms with Gasteiger partial charge in [-0.15, -0.1) is 6.58 Å². The van der Waals surface area contributed by atoms with Crippen LogP contribution in [0.15, 0.2) is 30.9 Å². The standard InChI is InChI=1S/C18H27NO2/c1-3-4-5-6-7-12-21-17-11-8-15(13-18(17)20-2)14-19-16-9-10-16/h3,8,11,13,16,19H,1,4-7,9-10,12,14H2,2H3. The molecule has 1 N–H and O–H groups in total. The highest BCUT2D eigenvalue weighted by atomic mass is 16.5. The Hall–Kier alpha value is -1.48. The van der Waals surface area contributed by atoms with Gasteiger partial charge < -0.3 is 14.8 Å². The molecular formula is C18H27NO2. The molecule has 1 saturated carbocycles. The maximum absolute atomic E-state index is 5.83. The fourth-order valence-electron chi connectivity index (χ4n) is 2.24. The van der Waals surface area contributed by atoms with Crippen molar-refractivity contribution < 1.29 is 9.47 Å². The Morgan fingerprint density at radius 3 is 2.81 bits per heavy atom. The zero-order valence-electron chi connectivity index (χ0n) is 13.1. The van der Waals surface area contributed by atoms with Gasteiger partial charge in [-0.3, -0.25) is 0 Å². The van der Waals surface area contributed by atoms with Gasteiger partial charge in [0.25, 0.3) is 0 Å². The summed E-state index contributed by atoms with van der Waals surface area (Å²) in [5, 5.41) is 3.51. The molecule has 0 atom stereocenters. The Bertz CT molecular complexity index is 441. The molecule has 0 saturated heterocycles. The van der Waals surface area contributed by atoms with E-state index in [0.717, 1.165) is 43.5 Å². The first-order valence-electron chi connectivity index (χ1n) is 7.97. The maximum atomic E-state index is 5.83. The van der Waals surface area contributed by atoms with Crippen LogP contribution in [0, 0.1) is 0 Å². The van der Waals surface area contributed by atoms with Crippen LogP contribution in [0.4, 0.5) is 0 Å². The van der Waals surface area contributed by atoms with E-state index in [1.807, 2.05) is 12.1 Å². The Morgan fingerprint density at radius 1 is 1.24 bits per heavy atom. The van der Waals surface area contributed by atoms with Gasteiger partial charge in [0.1, 0.15) is 0 Å². The summed E-state index contributed by atoms with van der Waals surface area (Å²) in [6.07, 6.45) is 9.12. The lowest BCUT2D eigenvalue weighted by atomic mass is 10.2. The number of benzene rings is 1. The first-order chi connectivity index (χ1) is 10.3. The molecule has 0 aliphatic heterocycles. The summed E-state index contributed by atoms with van der Waals surface area (Å²) in [6.45, 7) is 5.38. The second-order valence-corrected chi connectivity index (χ2v) is 5.63. The molecule has 1 aliphatic carbocycles. The van der Waals surface area contributed by atoms with E-state index in [1.54, 1.807) is 7.11 Å². The van der Waals surface area contributed by atoms with Crippen molar-refractivity contribution >= 4 is 0 Å². The number of hydrogen-bond donors (Lipinski definition) is 1. The average molecular weight is 289 g/mol. The second kappa shape index (κ2) is 8.73. The van der Waals surface area contributed by atoms with E-state index in [2.05, 4.69) is 24.0 Å². The number of hydrogen-bond acceptors (Lipinski definition) is 3. The van der Waals surface area contributed by atoms with Crippen molar-refractivity contribution in [2.75, 3.05) is 13.7 Å². The summed E-state index contributed by atoms with van der Waals surface area (Å²) in [6, 6.07) is 6.93. The van der Waals surface area contributed by atoms with Crippen LogP contribution in [0.1, 0.15) is 44.1 Å². The van der Waals surface area contributed by atoms with Gasteiger partial charge in [-0.25, -0.2) is 0 Å². The van der Waals surface area contributed by atoms with Gasteiger partial charge in [-0.1, -0.05) is 12.1 Å². The molecule has 116 valence electrons. The van der Waals surface area contributed by atoms with Crippen molar-refractivity contribution in [3.63, 3.8) is 0 Å². The molecule has 3 nitrogen and oxygen atoms in total. The van der Waals surface area contributed by atoms with Gasteiger partial charge >= 0.3 is 0 Å². The number of nitrogens with one attached hydrogen (secondary N) is 1. The minimum atomic E-state index is 0.725. The molecule has 3 heteroatoms. The summed E-state index contributed by atoms with van der Waals surface area (Å²) in [5.41, 5.74) is 1.25. The van der Waals surface area contributed by atoms with E-state index in [1.165, 1.54) is 31.2 Å². The minimum absolute atomic E-state index is 0.725. The first kappa shape index (κ1) is 15.9. The number of ether oxygens (including phenoxy) is 2. The van der Waals surface area contributed by atoms with Gasteiger partial charge in [0, 0.05) is 12.6 Å². The summed E-state index contributed by atoms with van der Waals surface area (Å²) in [5.74, 6) is 1.67. The van der Waals surface area contributed by atoms with Crippen molar-refractivity contribution in [3.05, 3.63) is 36.4 Å². The minimum Gasteiger partial charge on any atom is -0.493 e. The Labute approximate surface area is 128 Å². The molecule has 0 amide bonds. The average Bonchev–Trinajstić information content (AvgIpc) is 3.33. The summed E-state index contributed by atoms with van der Waals surface area (Å²) in [7, 11) is 1.70. The van der Waals surface area contributed by atoms with Crippen LogP contribution in [-0.4, -0.2) is 19.8 Å². The van der Waals surface area contributed by atoms with Crippen LogP contribution in [0.5, 0.6) is 11.5 Å². The van der Waals surface area contributed by atoms with Crippen LogP contribution in [-0.2, 0) is 6.54 Å². The summed E-state index contributed by atoms with van der Waals surface area (Å²) in [4.78, 5) is 0. The lowest BCUT2D eigenvalue weighted by Crippen LogP contribution is -2.15. The van der Waals surface area contributed by atoms with E-state index in [4.69, 9.17) is 9.47 Å². The topological polar surface area (TPSA) is 30.5 Å². The van der Waals surface area contributed by atoms with Gasteiger partial charge in [0.05, 0.1) is 13.7 Å². The molecule has 0 bridgehead atoms.